The van der Waals surface area contributed by atoms with Gasteiger partial charge in [-0.25, -0.2) is 22.2 Å². The Kier molecular flexibility index (Phi) is 6.07. The van der Waals surface area contributed by atoms with Crippen molar-refractivity contribution < 1.29 is 26.8 Å². The molecule has 5 rings (SSSR count). The van der Waals surface area contributed by atoms with Gasteiger partial charge in [-0.05, 0) is 73.6 Å². The zero-order chi connectivity index (χ0) is 25.1. The van der Waals surface area contributed by atoms with Crippen LogP contribution in [0, 0.1) is 35.3 Å². The van der Waals surface area contributed by atoms with Gasteiger partial charge in [0.25, 0.3) is 5.91 Å². The molecule has 35 heavy (non-hydrogen) atoms. The summed E-state index contributed by atoms with van der Waals surface area (Å²) in [5.74, 6) is -1.15. The third-order valence-electron chi connectivity index (χ3n) is 7.12. The number of nitrogens with one attached hydrogen (secondary N) is 2. The van der Waals surface area contributed by atoms with Gasteiger partial charge in [-0.15, -0.1) is 0 Å². The quantitative estimate of drug-likeness (QED) is 0.490. The molecule has 1 unspecified atom stereocenters. The first-order valence-electron chi connectivity index (χ1n) is 11.4. The number of benzene rings is 1. The Morgan fingerprint density at radius 2 is 1.86 bits per heavy atom. The minimum Gasteiger partial charge on any atom is -0.347 e. The van der Waals surface area contributed by atoms with Crippen LogP contribution in [0.5, 0.6) is 0 Å². The number of amides is 2. The molecule has 3 saturated carbocycles. The van der Waals surface area contributed by atoms with Crippen LogP contribution >= 0.6 is 11.6 Å². The average molecular weight is 524 g/mol. The second-order valence-electron chi connectivity index (χ2n) is 9.76. The third kappa shape index (κ3) is 5.18. The van der Waals surface area contributed by atoms with Gasteiger partial charge < -0.3 is 10.6 Å². The van der Waals surface area contributed by atoms with Gasteiger partial charge in [-0.3, -0.25) is 9.59 Å². The molecular weight excluding hydrogens is 500 g/mol. The molecule has 1 heterocycles. The lowest BCUT2D eigenvalue weighted by Crippen LogP contribution is -2.48. The summed E-state index contributed by atoms with van der Waals surface area (Å²) < 4.78 is 52.3. The number of nitrogens with zero attached hydrogens (tertiary/aromatic N) is 1. The van der Waals surface area contributed by atoms with E-state index in [1.54, 1.807) is 0 Å². The molecule has 0 radical (unpaired) electrons. The molecule has 0 saturated heterocycles. The highest BCUT2D eigenvalue weighted by molar-refractivity contribution is 7.90. The summed E-state index contributed by atoms with van der Waals surface area (Å²) in [6.07, 6.45) is 5.26. The van der Waals surface area contributed by atoms with Gasteiger partial charge in [0.05, 0.1) is 11.1 Å². The molecule has 3 fully saturated rings. The molecule has 186 valence electrons. The summed E-state index contributed by atoms with van der Waals surface area (Å²) in [5, 5.41) is 4.96. The summed E-state index contributed by atoms with van der Waals surface area (Å²) in [6.45, 7) is 0. The summed E-state index contributed by atoms with van der Waals surface area (Å²) in [4.78, 5) is 30.0. The Morgan fingerprint density at radius 1 is 1.14 bits per heavy atom. The van der Waals surface area contributed by atoms with Crippen LogP contribution < -0.4 is 10.6 Å². The fourth-order valence-electron chi connectivity index (χ4n) is 4.67. The van der Waals surface area contributed by atoms with Gasteiger partial charge in [0.15, 0.2) is 14.9 Å². The molecule has 0 aliphatic heterocycles. The number of halogens is 3. The van der Waals surface area contributed by atoms with Gasteiger partial charge in [0.1, 0.15) is 17.7 Å². The van der Waals surface area contributed by atoms with Crippen LogP contribution in [-0.4, -0.2) is 37.5 Å². The van der Waals surface area contributed by atoms with Crippen LogP contribution in [-0.2, 0) is 14.6 Å². The van der Waals surface area contributed by atoms with Crippen molar-refractivity contribution in [2.75, 3.05) is 6.26 Å². The number of rotatable bonds is 9. The third-order valence-corrected chi connectivity index (χ3v) is 8.40. The largest absolute Gasteiger partial charge is 0.347 e. The summed E-state index contributed by atoms with van der Waals surface area (Å²) in [6, 6.07) is 2.78. The van der Waals surface area contributed by atoms with E-state index in [0.29, 0.717) is 24.2 Å². The molecule has 7 nitrogen and oxygen atoms in total. The minimum atomic E-state index is -3.62. The molecular formula is C24H24ClF2N3O4S. The molecule has 2 aromatic rings. The number of pyridine rings is 1. The monoisotopic (exact) mass is 523 g/mol. The number of carbonyl (C=O) groups excluding carboxylic acids is 2. The van der Waals surface area contributed by atoms with Crippen molar-refractivity contribution in [3.8, 4) is 0 Å². The Labute approximate surface area is 206 Å². The molecule has 5 atom stereocenters. The molecule has 11 heteroatoms. The zero-order valence-corrected chi connectivity index (χ0v) is 20.4. The van der Waals surface area contributed by atoms with Crippen LogP contribution in [0.25, 0.3) is 0 Å². The van der Waals surface area contributed by atoms with Gasteiger partial charge in [-0.1, -0.05) is 11.6 Å². The van der Waals surface area contributed by atoms with Crippen LogP contribution in [0.4, 0.5) is 8.78 Å². The lowest BCUT2D eigenvalue weighted by atomic mass is 9.98. The smallest absolute Gasteiger partial charge is 0.252 e. The lowest BCUT2D eigenvalue weighted by Gasteiger charge is -2.25. The number of sulfone groups is 1. The van der Waals surface area contributed by atoms with Crippen molar-refractivity contribution in [1.29, 1.82) is 0 Å². The van der Waals surface area contributed by atoms with Crippen LogP contribution in [0.1, 0.15) is 47.6 Å². The Bertz CT molecular complexity index is 1310. The minimum absolute atomic E-state index is 0.0222. The maximum Gasteiger partial charge on any atom is 0.252 e. The number of hydrogen-bond acceptors (Lipinski definition) is 5. The molecule has 0 spiro atoms. The Morgan fingerprint density at radius 3 is 2.46 bits per heavy atom. The highest BCUT2D eigenvalue weighted by Gasteiger charge is 2.64. The zero-order valence-electron chi connectivity index (χ0n) is 18.8. The van der Waals surface area contributed by atoms with E-state index in [1.165, 1.54) is 12.3 Å². The molecule has 2 N–H and O–H groups in total. The first kappa shape index (κ1) is 24.1. The summed E-state index contributed by atoms with van der Waals surface area (Å²) >= 11 is 5.69. The topological polar surface area (TPSA) is 105 Å². The molecule has 3 aliphatic rings. The number of carbonyl (C=O) groups is 2. The van der Waals surface area contributed by atoms with Crippen molar-refractivity contribution in [3.05, 3.63) is 58.2 Å². The lowest BCUT2D eigenvalue weighted by molar-refractivity contribution is -0.124. The fourth-order valence-corrected chi connectivity index (χ4v) is 5.42. The molecule has 1 aromatic carbocycles. The average Bonchev–Trinajstić information content (AvgIpc) is 3.67. The Balaban J connectivity index is 1.35. The van der Waals surface area contributed by atoms with Crippen molar-refractivity contribution in [2.45, 2.75) is 42.8 Å². The first-order valence-corrected chi connectivity index (χ1v) is 13.7. The van der Waals surface area contributed by atoms with Gasteiger partial charge in [0, 0.05) is 23.6 Å². The van der Waals surface area contributed by atoms with Crippen molar-refractivity contribution in [2.24, 2.45) is 23.7 Å². The fraction of sp³-hybridized carbons (Fsp3) is 0.458. The van der Waals surface area contributed by atoms with Gasteiger partial charge >= 0.3 is 0 Å². The van der Waals surface area contributed by atoms with Crippen molar-refractivity contribution in [3.63, 3.8) is 0 Å². The van der Waals surface area contributed by atoms with E-state index in [1.807, 2.05) is 0 Å². The SMILES string of the molecule is CS(=O)(=O)c1cc(C(=O)N[C@H](C[C@@H]2C3C[C@@H]32)C(=O)N[C@@H](c2cc(F)c(Cl)cc2F)C2CC2)ccn1. The summed E-state index contributed by atoms with van der Waals surface area (Å²) in [5.41, 5.74) is 0.0813. The maximum absolute atomic E-state index is 14.6. The van der Waals surface area contributed by atoms with E-state index < -0.39 is 45.4 Å². The predicted molar refractivity (Wildman–Crippen MR) is 123 cm³/mol. The summed E-state index contributed by atoms with van der Waals surface area (Å²) in [7, 11) is -3.62. The molecule has 2 amide bonds. The Hall–Kier alpha value is -2.59. The van der Waals surface area contributed by atoms with Gasteiger partial charge in [0.2, 0.25) is 5.91 Å². The first-order chi connectivity index (χ1) is 16.5. The molecule has 1 aromatic heterocycles. The van der Waals surface area contributed by atoms with Crippen LogP contribution in [0.2, 0.25) is 5.02 Å². The highest BCUT2D eigenvalue weighted by atomic mass is 35.5. The predicted octanol–water partition coefficient (Wildman–Crippen LogP) is 3.44. The van der Waals surface area contributed by atoms with Crippen LogP contribution in [0.15, 0.2) is 35.5 Å². The van der Waals surface area contributed by atoms with Crippen molar-refractivity contribution in [1.82, 2.24) is 15.6 Å². The van der Waals surface area contributed by atoms with E-state index in [4.69, 9.17) is 11.6 Å². The molecule has 0 bridgehead atoms. The number of aromatic nitrogens is 1. The van der Waals surface area contributed by atoms with E-state index >= 15 is 0 Å². The van der Waals surface area contributed by atoms with E-state index in [9.17, 15) is 26.8 Å². The highest BCUT2D eigenvalue weighted by Crippen LogP contribution is 2.69. The second-order valence-corrected chi connectivity index (χ2v) is 12.1. The standard InChI is InChI=1S/C24H24ClF2N3O4S/c1-35(33,34)21-6-12(4-5-28-21)23(31)29-20(9-15-13-7-14(13)15)24(32)30-22(11-2-3-11)16-8-19(27)17(25)10-18(16)26/h4-6,8,10-11,13-15,20,22H,2-3,7,9H2,1H3,(H,29,31)(H,30,32)/t13-,14?,15-,20+,22+/m0/s1. The number of hydrogen-bond donors (Lipinski definition) is 2. The van der Waals surface area contributed by atoms with Gasteiger partial charge in [-0.2, -0.15) is 0 Å². The van der Waals surface area contributed by atoms with E-state index in [-0.39, 0.29) is 27.1 Å². The van der Waals surface area contributed by atoms with E-state index in [2.05, 4.69) is 15.6 Å². The van der Waals surface area contributed by atoms with Crippen LogP contribution in [0.3, 0.4) is 0 Å². The van der Waals surface area contributed by atoms with E-state index in [0.717, 1.165) is 43.7 Å². The maximum atomic E-state index is 14.6. The normalized spacial score (nSPS) is 24.2. The molecule has 3 aliphatic carbocycles. The van der Waals surface area contributed by atoms with Crippen molar-refractivity contribution >= 4 is 33.3 Å². The number of fused-ring (bicyclic) bond motifs is 1. The second kappa shape index (κ2) is 8.81.